The largest absolute Gasteiger partial charge is 0.376 e. The first kappa shape index (κ1) is 14.1. The Morgan fingerprint density at radius 1 is 1.32 bits per heavy atom. The van der Waals surface area contributed by atoms with Gasteiger partial charge in [-0.3, -0.25) is 0 Å². The number of hydrogen-bond donors (Lipinski definition) is 2. The molecule has 1 aliphatic carbocycles. The van der Waals surface area contributed by atoms with Gasteiger partial charge in [0.2, 0.25) is 0 Å². The molecule has 1 aromatic rings. The summed E-state index contributed by atoms with van der Waals surface area (Å²) in [6.45, 7) is 0.913. The van der Waals surface area contributed by atoms with Gasteiger partial charge in [-0.2, -0.15) is 0 Å². The molecule has 0 aliphatic heterocycles. The highest BCUT2D eigenvalue weighted by molar-refractivity contribution is 5.35. The van der Waals surface area contributed by atoms with Crippen molar-refractivity contribution in [3.63, 3.8) is 0 Å². The molecule has 1 aromatic heterocycles. The molecule has 0 amide bonds. The van der Waals surface area contributed by atoms with Gasteiger partial charge in [0.05, 0.1) is 18.9 Å². The molecule has 0 aromatic carbocycles. The van der Waals surface area contributed by atoms with Crippen LogP contribution in [0.15, 0.2) is 12.3 Å². The molecule has 106 valence electrons. The van der Waals surface area contributed by atoms with Crippen LogP contribution in [0.25, 0.3) is 0 Å². The van der Waals surface area contributed by atoms with E-state index in [0.29, 0.717) is 19.2 Å². The van der Waals surface area contributed by atoms with Gasteiger partial charge in [-0.1, -0.05) is 0 Å². The number of pyridine rings is 1. The lowest BCUT2D eigenvalue weighted by molar-refractivity contribution is 0.0312. The fraction of sp³-hybridized carbons (Fsp3) is 0.615. The smallest absolute Gasteiger partial charge is 0.168 e. The van der Waals surface area contributed by atoms with Gasteiger partial charge in [-0.05, 0) is 25.7 Å². The Morgan fingerprint density at radius 3 is 2.74 bits per heavy atom. The molecule has 0 atom stereocenters. The number of nitrogens with one attached hydrogen (secondary N) is 1. The Kier molecular flexibility index (Phi) is 5.04. The minimum absolute atomic E-state index is 0.0515. The third-order valence-electron chi connectivity index (χ3n) is 3.27. The molecule has 1 saturated carbocycles. The molecular weight excluding hydrogens is 252 g/mol. The fourth-order valence-electron chi connectivity index (χ4n) is 2.19. The van der Waals surface area contributed by atoms with Crippen LogP contribution >= 0.6 is 0 Å². The number of anilines is 1. The standard InChI is InChI=1S/C13H19F2N3O/c14-9-7-12(15)13(18-8-9)17-5-6-19-11-3-1-10(16)2-4-11/h7-8,10-11H,1-6,16H2,(H,17,18). The summed E-state index contributed by atoms with van der Waals surface area (Å²) in [6.07, 6.45) is 5.16. The van der Waals surface area contributed by atoms with Gasteiger partial charge in [0, 0.05) is 18.7 Å². The first-order valence-electron chi connectivity index (χ1n) is 6.57. The van der Waals surface area contributed by atoms with Gasteiger partial charge in [0.1, 0.15) is 5.82 Å². The van der Waals surface area contributed by atoms with Gasteiger partial charge in [-0.15, -0.1) is 0 Å². The number of halogens is 2. The molecule has 4 nitrogen and oxygen atoms in total. The summed E-state index contributed by atoms with van der Waals surface area (Å²) in [5, 5.41) is 2.79. The van der Waals surface area contributed by atoms with Gasteiger partial charge in [0.25, 0.3) is 0 Å². The maximum atomic E-state index is 13.3. The normalized spacial score (nSPS) is 23.3. The van der Waals surface area contributed by atoms with Crippen LogP contribution < -0.4 is 11.1 Å². The number of rotatable bonds is 5. The summed E-state index contributed by atoms with van der Waals surface area (Å²) >= 11 is 0. The van der Waals surface area contributed by atoms with E-state index >= 15 is 0 Å². The predicted octanol–water partition coefficient (Wildman–Crippen LogP) is 2.06. The summed E-state index contributed by atoms with van der Waals surface area (Å²) in [5.41, 5.74) is 5.81. The number of nitrogens with zero attached hydrogens (tertiary/aromatic N) is 1. The third-order valence-corrected chi connectivity index (χ3v) is 3.27. The van der Waals surface area contributed by atoms with Crippen LogP contribution in [0.2, 0.25) is 0 Å². The van der Waals surface area contributed by atoms with Gasteiger partial charge >= 0.3 is 0 Å². The van der Waals surface area contributed by atoms with E-state index < -0.39 is 11.6 Å². The highest BCUT2D eigenvalue weighted by Crippen LogP contribution is 2.19. The van der Waals surface area contributed by atoms with Crippen molar-refractivity contribution in [2.75, 3.05) is 18.5 Å². The molecule has 0 spiro atoms. The Hall–Kier alpha value is -1.27. The van der Waals surface area contributed by atoms with E-state index in [9.17, 15) is 8.78 Å². The molecule has 1 aliphatic rings. The van der Waals surface area contributed by atoms with Crippen molar-refractivity contribution in [3.8, 4) is 0 Å². The molecule has 0 radical (unpaired) electrons. The molecule has 3 N–H and O–H groups in total. The maximum absolute atomic E-state index is 13.3. The summed E-state index contributed by atoms with van der Waals surface area (Å²) in [6, 6.07) is 1.11. The Labute approximate surface area is 111 Å². The lowest BCUT2D eigenvalue weighted by atomic mass is 9.94. The van der Waals surface area contributed by atoms with Crippen LogP contribution in [0.3, 0.4) is 0 Å². The lowest BCUT2D eigenvalue weighted by Crippen LogP contribution is -2.31. The molecule has 0 bridgehead atoms. The first-order chi connectivity index (χ1) is 9.15. The second-order valence-electron chi connectivity index (χ2n) is 4.82. The Bertz CT molecular complexity index is 409. The highest BCUT2D eigenvalue weighted by atomic mass is 19.1. The summed E-state index contributed by atoms with van der Waals surface area (Å²) in [5.74, 6) is -1.32. The highest BCUT2D eigenvalue weighted by Gasteiger charge is 2.18. The molecule has 6 heteroatoms. The van der Waals surface area contributed by atoms with Crippen LogP contribution in [0.5, 0.6) is 0 Å². The summed E-state index contributed by atoms with van der Waals surface area (Å²) in [7, 11) is 0. The predicted molar refractivity (Wildman–Crippen MR) is 68.8 cm³/mol. The summed E-state index contributed by atoms with van der Waals surface area (Å²) in [4.78, 5) is 3.64. The van der Waals surface area contributed by atoms with E-state index in [-0.39, 0.29) is 11.9 Å². The number of hydrogen-bond acceptors (Lipinski definition) is 4. The van der Waals surface area contributed by atoms with E-state index in [1.165, 1.54) is 0 Å². The van der Waals surface area contributed by atoms with Crippen LogP contribution in [0.1, 0.15) is 25.7 Å². The Morgan fingerprint density at radius 2 is 2.05 bits per heavy atom. The van der Waals surface area contributed by atoms with Crippen molar-refractivity contribution in [3.05, 3.63) is 23.9 Å². The average Bonchev–Trinajstić information content (AvgIpc) is 2.39. The van der Waals surface area contributed by atoms with Crippen molar-refractivity contribution < 1.29 is 13.5 Å². The third kappa shape index (κ3) is 4.40. The lowest BCUT2D eigenvalue weighted by Gasteiger charge is -2.26. The zero-order chi connectivity index (χ0) is 13.7. The van der Waals surface area contributed by atoms with E-state index in [1.54, 1.807) is 0 Å². The number of nitrogens with two attached hydrogens (primary N) is 1. The number of aromatic nitrogens is 1. The van der Waals surface area contributed by atoms with Crippen LogP contribution in [-0.4, -0.2) is 30.3 Å². The molecule has 19 heavy (non-hydrogen) atoms. The Balaban J connectivity index is 1.66. The zero-order valence-corrected chi connectivity index (χ0v) is 10.7. The molecule has 1 heterocycles. The first-order valence-corrected chi connectivity index (χ1v) is 6.57. The quantitative estimate of drug-likeness (QED) is 0.805. The molecule has 1 fully saturated rings. The maximum Gasteiger partial charge on any atom is 0.168 e. The second kappa shape index (κ2) is 6.77. The van der Waals surface area contributed by atoms with Crippen LogP contribution in [0.4, 0.5) is 14.6 Å². The molecule has 2 rings (SSSR count). The van der Waals surface area contributed by atoms with E-state index in [2.05, 4.69) is 10.3 Å². The topological polar surface area (TPSA) is 60.2 Å². The summed E-state index contributed by atoms with van der Waals surface area (Å²) < 4.78 is 31.6. The SMILES string of the molecule is NC1CCC(OCCNc2ncc(F)cc2F)CC1. The minimum Gasteiger partial charge on any atom is -0.376 e. The van der Waals surface area contributed by atoms with Gasteiger partial charge in [0.15, 0.2) is 11.6 Å². The number of ether oxygens (including phenoxy) is 1. The van der Waals surface area contributed by atoms with E-state index in [1.807, 2.05) is 0 Å². The van der Waals surface area contributed by atoms with E-state index in [0.717, 1.165) is 37.9 Å². The average molecular weight is 271 g/mol. The molecule has 0 saturated heterocycles. The minimum atomic E-state index is -0.691. The second-order valence-corrected chi connectivity index (χ2v) is 4.82. The van der Waals surface area contributed by atoms with Crippen molar-refractivity contribution in [2.45, 2.75) is 37.8 Å². The molecule has 0 unspecified atom stereocenters. The van der Waals surface area contributed by atoms with Crippen LogP contribution in [0, 0.1) is 11.6 Å². The van der Waals surface area contributed by atoms with Gasteiger partial charge < -0.3 is 15.8 Å². The fourth-order valence-corrected chi connectivity index (χ4v) is 2.19. The van der Waals surface area contributed by atoms with Crippen molar-refractivity contribution in [1.29, 1.82) is 0 Å². The van der Waals surface area contributed by atoms with Crippen molar-refractivity contribution in [1.82, 2.24) is 4.98 Å². The van der Waals surface area contributed by atoms with Gasteiger partial charge in [-0.25, -0.2) is 13.8 Å². The zero-order valence-electron chi connectivity index (χ0n) is 10.7. The van der Waals surface area contributed by atoms with Crippen LogP contribution in [-0.2, 0) is 4.74 Å². The molecular formula is C13H19F2N3O. The van der Waals surface area contributed by atoms with Crippen molar-refractivity contribution >= 4 is 5.82 Å². The van der Waals surface area contributed by atoms with Crippen molar-refractivity contribution in [2.24, 2.45) is 5.73 Å². The van der Waals surface area contributed by atoms with E-state index in [4.69, 9.17) is 10.5 Å². The monoisotopic (exact) mass is 271 g/mol.